The second-order valence-corrected chi connectivity index (χ2v) is 12.9. The van der Waals surface area contributed by atoms with Gasteiger partial charge < -0.3 is 0 Å². The van der Waals surface area contributed by atoms with Gasteiger partial charge in [0.15, 0.2) is 0 Å². The first-order chi connectivity index (χ1) is 24.8. The summed E-state index contributed by atoms with van der Waals surface area (Å²) in [6.07, 6.45) is 0. The van der Waals surface area contributed by atoms with Crippen molar-refractivity contribution in [2.75, 3.05) is 0 Å². The molecule has 0 aliphatic rings. The molecule has 0 saturated carbocycles. The molecule has 0 saturated heterocycles. The van der Waals surface area contributed by atoms with Crippen molar-refractivity contribution in [3.63, 3.8) is 0 Å². The van der Waals surface area contributed by atoms with E-state index in [1.54, 1.807) is 0 Å². The van der Waals surface area contributed by atoms with Crippen LogP contribution in [0, 0.1) is 0 Å². The monoisotopic (exact) mass is 634 g/mol. The van der Waals surface area contributed by atoms with E-state index in [1.165, 1.54) is 54.6 Å². The van der Waals surface area contributed by atoms with Crippen LogP contribution in [0.5, 0.6) is 0 Å². The van der Waals surface area contributed by atoms with Gasteiger partial charge in [-0.3, -0.25) is 0 Å². The molecule has 0 amide bonds. The summed E-state index contributed by atoms with van der Waals surface area (Å²) in [4.78, 5) is 10.4. The van der Waals surface area contributed by atoms with E-state index in [0.29, 0.717) is 0 Å². The molecule has 2 heterocycles. The van der Waals surface area contributed by atoms with Gasteiger partial charge >= 0.3 is 0 Å². The molecule has 0 spiro atoms. The molecular formula is C48H30N2. The van der Waals surface area contributed by atoms with E-state index in [0.717, 1.165) is 44.3 Å². The van der Waals surface area contributed by atoms with Crippen LogP contribution >= 0.6 is 0 Å². The summed E-state index contributed by atoms with van der Waals surface area (Å²) in [7, 11) is 0. The Balaban J connectivity index is 1.18. The summed E-state index contributed by atoms with van der Waals surface area (Å²) in [5, 5.41) is 9.65. The molecule has 2 heteroatoms. The Morgan fingerprint density at radius 2 is 0.740 bits per heavy atom. The molecule has 0 fully saturated rings. The molecule has 0 atom stereocenters. The van der Waals surface area contributed by atoms with Crippen molar-refractivity contribution >= 4 is 54.1 Å². The van der Waals surface area contributed by atoms with Gasteiger partial charge in [-0.2, -0.15) is 0 Å². The second-order valence-electron chi connectivity index (χ2n) is 12.9. The maximum Gasteiger partial charge on any atom is 0.0972 e. The number of nitrogens with zero attached hydrogens (tertiary/aromatic N) is 2. The van der Waals surface area contributed by atoms with E-state index in [9.17, 15) is 0 Å². The van der Waals surface area contributed by atoms with E-state index in [2.05, 4.69) is 176 Å². The molecule has 50 heavy (non-hydrogen) atoms. The second kappa shape index (κ2) is 11.5. The minimum Gasteiger partial charge on any atom is -0.245 e. The highest BCUT2D eigenvalue weighted by atomic mass is 14.8. The topological polar surface area (TPSA) is 25.8 Å². The molecule has 0 unspecified atom stereocenters. The summed E-state index contributed by atoms with van der Waals surface area (Å²) in [5.74, 6) is 0. The Hall–Kier alpha value is -6.64. The third-order valence-corrected chi connectivity index (χ3v) is 10.0. The maximum absolute atomic E-state index is 5.29. The van der Waals surface area contributed by atoms with E-state index >= 15 is 0 Å². The lowest BCUT2D eigenvalue weighted by Gasteiger charge is -2.19. The Morgan fingerprint density at radius 1 is 0.280 bits per heavy atom. The Kier molecular flexibility index (Phi) is 6.53. The molecule has 10 aromatic rings. The molecule has 0 aliphatic carbocycles. The lowest BCUT2D eigenvalue weighted by atomic mass is 9.84. The van der Waals surface area contributed by atoms with Crippen LogP contribution in [0.25, 0.3) is 98.9 Å². The Bertz CT molecular complexity index is 2860. The van der Waals surface area contributed by atoms with Gasteiger partial charge in [0.05, 0.1) is 22.4 Å². The molecule has 10 rings (SSSR count). The quantitative estimate of drug-likeness (QED) is 0.142. The first kappa shape index (κ1) is 28.4. The summed E-state index contributed by atoms with van der Waals surface area (Å²) in [6.45, 7) is 0. The van der Waals surface area contributed by atoms with Gasteiger partial charge in [-0.05, 0) is 72.8 Å². The Morgan fingerprint density at radius 3 is 1.40 bits per heavy atom. The summed E-state index contributed by atoms with van der Waals surface area (Å²) < 4.78 is 0. The third-order valence-electron chi connectivity index (χ3n) is 10.0. The summed E-state index contributed by atoms with van der Waals surface area (Å²) in [5.41, 5.74) is 10.8. The van der Waals surface area contributed by atoms with E-state index < -0.39 is 0 Å². The molecule has 0 aliphatic heterocycles. The van der Waals surface area contributed by atoms with Crippen molar-refractivity contribution in [1.29, 1.82) is 0 Å². The van der Waals surface area contributed by atoms with Crippen LogP contribution in [0.4, 0.5) is 0 Å². The van der Waals surface area contributed by atoms with Crippen LogP contribution < -0.4 is 0 Å². The number of pyridine rings is 2. The van der Waals surface area contributed by atoms with Crippen LogP contribution in [0.2, 0.25) is 0 Å². The number of benzene rings is 8. The minimum atomic E-state index is 0.915. The summed E-state index contributed by atoms with van der Waals surface area (Å²) >= 11 is 0. The fourth-order valence-corrected chi connectivity index (χ4v) is 7.71. The highest BCUT2D eigenvalue weighted by Crippen LogP contribution is 2.45. The first-order valence-corrected chi connectivity index (χ1v) is 17.1. The van der Waals surface area contributed by atoms with Crippen molar-refractivity contribution in [3.05, 3.63) is 182 Å². The molecule has 0 radical (unpaired) electrons. The maximum atomic E-state index is 5.29. The van der Waals surface area contributed by atoms with Crippen LogP contribution in [-0.2, 0) is 0 Å². The van der Waals surface area contributed by atoms with Gasteiger partial charge in [0.2, 0.25) is 0 Å². The molecule has 0 N–H and O–H groups in total. The predicted octanol–water partition coefficient (Wildman–Crippen LogP) is 12.9. The van der Waals surface area contributed by atoms with Crippen LogP contribution in [0.1, 0.15) is 0 Å². The van der Waals surface area contributed by atoms with Gasteiger partial charge in [-0.25, -0.2) is 9.97 Å². The minimum absolute atomic E-state index is 0.915. The highest BCUT2D eigenvalue weighted by Gasteiger charge is 2.18. The smallest absolute Gasteiger partial charge is 0.0972 e. The van der Waals surface area contributed by atoms with E-state index in [-0.39, 0.29) is 0 Å². The zero-order valence-corrected chi connectivity index (χ0v) is 27.2. The van der Waals surface area contributed by atoms with Gasteiger partial charge in [-0.15, -0.1) is 0 Å². The van der Waals surface area contributed by atoms with Crippen LogP contribution in [-0.4, -0.2) is 9.97 Å². The largest absolute Gasteiger partial charge is 0.245 e. The van der Waals surface area contributed by atoms with Gasteiger partial charge in [0, 0.05) is 21.9 Å². The third kappa shape index (κ3) is 4.57. The van der Waals surface area contributed by atoms with Crippen LogP contribution in [0.3, 0.4) is 0 Å². The molecular weight excluding hydrogens is 605 g/mol. The number of hydrogen-bond acceptors (Lipinski definition) is 2. The molecule has 232 valence electrons. The lowest BCUT2D eigenvalue weighted by molar-refractivity contribution is 1.36. The number of fused-ring (bicyclic) bond motifs is 6. The molecule has 0 bridgehead atoms. The van der Waals surface area contributed by atoms with Crippen molar-refractivity contribution in [2.45, 2.75) is 0 Å². The molecule has 8 aromatic carbocycles. The normalized spacial score (nSPS) is 11.6. The van der Waals surface area contributed by atoms with Crippen molar-refractivity contribution in [3.8, 4) is 44.8 Å². The van der Waals surface area contributed by atoms with Crippen molar-refractivity contribution in [1.82, 2.24) is 9.97 Å². The zero-order valence-electron chi connectivity index (χ0n) is 27.2. The number of hydrogen-bond donors (Lipinski definition) is 0. The predicted molar refractivity (Wildman–Crippen MR) is 211 cm³/mol. The molecule has 2 nitrogen and oxygen atoms in total. The highest BCUT2D eigenvalue weighted by molar-refractivity contribution is 6.23. The molecule has 2 aromatic heterocycles. The SMILES string of the molecule is c1ccc(-c2ccc3ccc4ccc(-c5cccc(-c6c7ccccc7c(-c7cccc8ccccc78)c7ccccc67)c5)nc4c3n2)cc1. The van der Waals surface area contributed by atoms with E-state index in [4.69, 9.17) is 9.97 Å². The summed E-state index contributed by atoms with van der Waals surface area (Å²) in [6, 6.07) is 65.1. The standard InChI is InChI=1S/C48H30N2/c1-2-13-32(14-3-1)43-28-26-33-24-25-34-27-29-44(50-48(34)47(33)49-43)35-16-10-17-36(30-35)45-39-19-6-8-21-41(39)46(42-22-9-7-20-40(42)45)38-23-11-15-31-12-4-5-18-37(31)38/h1-30H. The Labute approximate surface area is 290 Å². The fourth-order valence-electron chi connectivity index (χ4n) is 7.71. The first-order valence-electron chi connectivity index (χ1n) is 17.1. The van der Waals surface area contributed by atoms with Crippen molar-refractivity contribution < 1.29 is 0 Å². The average Bonchev–Trinajstić information content (AvgIpc) is 3.19. The number of rotatable bonds is 4. The average molecular weight is 635 g/mol. The van der Waals surface area contributed by atoms with Gasteiger partial charge in [-0.1, -0.05) is 164 Å². The van der Waals surface area contributed by atoms with Gasteiger partial charge in [0.25, 0.3) is 0 Å². The zero-order chi connectivity index (χ0) is 33.0. The number of aromatic nitrogens is 2. The van der Waals surface area contributed by atoms with E-state index in [1.807, 2.05) is 6.07 Å². The fraction of sp³-hybridized carbons (Fsp3) is 0. The van der Waals surface area contributed by atoms with Crippen molar-refractivity contribution in [2.24, 2.45) is 0 Å². The van der Waals surface area contributed by atoms with Crippen LogP contribution in [0.15, 0.2) is 182 Å². The van der Waals surface area contributed by atoms with Gasteiger partial charge in [0.1, 0.15) is 0 Å². The lowest BCUT2D eigenvalue weighted by Crippen LogP contribution is -1.93.